The largest absolute Gasteiger partial charge is 0.314 e. The maximum absolute atomic E-state index is 3.57. The summed E-state index contributed by atoms with van der Waals surface area (Å²) in [5, 5.41) is 3.57. The van der Waals surface area contributed by atoms with E-state index in [2.05, 4.69) is 24.2 Å². The SMILES string of the molecule is CCNC1CCC(N(C)CC2CC2)C1. The first-order valence-electron chi connectivity index (χ1n) is 6.23. The van der Waals surface area contributed by atoms with E-state index >= 15 is 0 Å². The first-order valence-corrected chi connectivity index (χ1v) is 6.23. The Morgan fingerprint density at radius 3 is 2.64 bits per heavy atom. The Bertz CT molecular complexity index is 177. The zero-order valence-corrected chi connectivity index (χ0v) is 9.63. The minimum absolute atomic E-state index is 0.798. The lowest BCUT2D eigenvalue weighted by molar-refractivity contribution is 0.233. The van der Waals surface area contributed by atoms with Crippen molar-refractivity contribution in [3.05, 3.63) is 0 Å². The third-order valence-electron chi connectivity index (χ3n) is 3.76. The van der Waals surface area contributed by atoms with Gasteiger partial charge in [0.1, 0.15) is 0 Å². The highest BCUT2D eigenvalue weighted by molar-refractivity contribution is 4.87. The second-order valence-corrected chi connectivity index (χ2v) is 5.10. The van der Waals surface area contributed by atoms with Crippen molar-refractivity contribution in [2.24, 2.45) is 5.92 Å². The Labute approximate surface area is 88.1 Å². The molecule has 2 unspecified atom stereocenters. The molecule has 0 radical (unpaired) electrons. The fourth-order valence-electron chi connectivity index (χ4n) is 2.69. The number of hydrogen-bond donors (Lipinski definition) is 1. The summed E-state index contributed by atoms with van der Waals surface area (Å²) in [4.78, 5) is 2.61. The van der Waals surface area contributed by atoms with Crippen LogP contribution in [0.25, 0.3) is 0 Å². The molecule has 2 rings (SSSR count). The lowest BCUT2D eigenvalue weighted by atomic mass is 10.2. The number of nitrogens with zero attached hydrogens (tertiary/aromatic N) is 1. The average Bonchev–Trinajstić information content (AvgIpc) is 2.83. The summed E-state index contributed by atoms with van der Waals surface area (Å²) in [5.41, 5.74) is 0. The zero-order chi connectivity index (χ0) is 9.97. The van der Waals surface area contributed by atoms with E-state index in [1.54, 1.807) is 0 Å². The third kappa shape index (κ3) is 2.71. The summed E-state index contributed by atoms with van der Waals surface area (Å²) in [6, 6.07) is 1.66. The van der Waals surface area contributed by atoms with Gasteiger partial charge in [0.15, 0.2) is 0 Å². The van der Waals surface area contributed by atoms with Gasteiger partial charge in [-0.05, 0) is 51.6 Å². The maximum Gasteiger partial charge on any atom is 0.0108 e. The van der Waals surface area contributed by atoms with Crippen LogP contribution in [0.3, 0.4) is 0 Å². The molecular formula is C12H24N2. The van der Waals surface area contributed by atoms with Gasteiger partial charge in [0.25, 0.3) is 0 Å². The van der Waals surface area contributed by atoms with Gasteiger partial charge >= 0.3 is 0 Å². The van der Waals surface area contributed by atoms with Gasteiger partial charge in [0.2, 0.25) is 0 Å². The van der Waals surface area contributed by atoms with Crippen LogP contribution in [0.1, 0.15) is 39.0 Å². The fourth-order valence-corrected chi connectivity index (χ4v) is 2.69. The van der Waals surface area contributed by atoms with Crippen LogP contribution in [-0.2, 0) is 0 Å². The molecule has 0 bridgehead atoms. The molecule has 2 aliphatic carbocycles. The normalized spacial score (nSPS) is 32.8. The van der Waals surface area contributed by atoms with Gasteiger partial charge in [-0.15, -0.1) is 0 Å². The van der Waals surface area contributed by atoms with E-state index in [0.29, 0.717) is 0 Å². The van der Waals surface area contributed by atoms with Crippen molar-refractivity contribution in [1.82, 2.24) is 10.2 Å². The van der Waals surface area contributed by atoms with Crippen LogP contribution in [0.2, 0.25) is 0 Å². The van der Waals surface area contributed by atoms with Gasteiger partial charge in [-0.3, -0.25) is 0 Å². The zero-order valence-electron chi connectivity index (χ0n) is 9.63. The van der Waals surface area contributed by atoms with Crippen LogP contribution in [-0.4, -0.2) is 37.1 Å². The van der Waals surface area contributed by atoms with Crippen LogP contribution in [0.4, 0.5) is 0 Å². The smallest absolute Gasteiger partial charge is 0.0108 e. The molecule has 0 aromatic rings. The predicted octanol–water partition coefficient (Wildman–Crippen LogP) is 1.86. The van der Waals surface area contributed by atoms with Crippen LogP contribution < -0.4 is 5.32 Å². The summed E-state index contributed by atoms with van der Waals surface area (Å²) >= 11 is 0. The fraction of sp³-hybridized carbons (Fsp3) is 1.00. The van der Waals surface area contributed by atoms with Crippen LogP contribution in [0.5, 0.6) is 0 Å². The Balaban J connectivity index is 1.70. The predicted molar refractivity (Wildman–Crippen MR) is 60.5 cm³/mol. The molecule has 0 spiro atoms. The van der Waals surface area contributed by atoms with Crippen molar-refractivity contribution >= 4 is 0 Å². The van der Waals surface area contributed by atoms with Crippen LogP contribution in [0, 0.1) is 5.92 Å². The molecule has 2 heteroatoms. The molecule has 2 nitrogen and oxygen atoms in total. The highest BCUT2D eigenvalue weighted by Crippen LogP contribution is 2.32. The highest BCUT2D eigenvalue weighted by atomic mass is 15.1. The molecule has 0 aromatic carbocycles. The molecule has 14 heavy (non-hydrogen) atoms. The third-order valence-corrected chi connectivity index (χ3v) is 3.76. The summed E-state index contributed by atoms with van der Waals surface area (Å²) in [7, 11) is 2.32. The van der Waals surface area contributed by atoms with Gasteiger partial charge in [-0.2, -0.15) is 0 Å². The van der Waals surface area contributed by atoms with Crippen molar-refractivity contribution in [2.45, 2.75) is 51.1 Å². The van der Waals surface area contributed by atoms with Crippen LogP contribution >= 0.6 is 0 Å². The van der Waals surface area contributed by atoms with Gasteiger partial charge in [-0.1, -0.05) is 6.92 Å². The van der Waals surface area contributed by atoms with E-state index < -0.39 is 0 Å². The molecule has 82 valence electrons. The highest BCUT2D eigenvalue weighted by Gasteiger charge is 2.30. The first-order chi connectivity index (χ1) is 6.79. The molecular weight excluding hydrogens is 172 g/mol. The topological polar surface area (TPSA) is 15.3 Å². The van der Waals surface area contributed by atoms with Crippen molar-refractivity contribution in [3.8, 4) is 0 Å². The molecule has 2 atom stereocenters. The van der Waals surface area contributed by atoms with E-state index in [4.69, 9.17) is 0 Å². The number of rotatable bonds is 5. The molecule has 2 fully saturated rings. The van der Waals surface area contributed by atoms with E-state index in [0.717, 1.165) is 24.5 Å². The van der Waals surface area contributed by atoms with Crippen molar-refractivity contribution in [3.63, 3.8) is 0 Å². The maximum atomic E-state index is 3.57. The molecule has 2 saturated carbocycles. The van der Waals surface area contributed by atoms with E-state index in [1.165, 1.54) is 38.6 Å². The minimum Gasteiger partial charge on any atom is -0.314 e. The average molecular weight is 196 g/mol. The second-order valence-electron chi connectivity index (χ2n) is 5.10. The Morgan fingerprint density at radius 2 is 2.00 bits per heavy atom. The Morgan fingerprint density at radius 1 is 1.21 bits per heavy atom. The van der Waals surface area contributed by atoms with E-state index in [9.17, 15) is 0 Å². The van der Waals surface area contributed by atoms with Crippen molar-refractivity contribution in [1.29, 1.82) is 0 Å². The minimum atomic E-state index is 0.798. The molecule has 0 heterocycles. The molecule has 1 N–H and O–H groups in total. The molecule has 0 aliphatic heterocycles. The molecule has 0 aromatic heterocycles. The van der Waals surface area contributed by atoms with Gasteiger partial charge < -0.3 is 10.2 Å². The summed E-state index contributed by atoms with van der Waals surface area (Å²) in [6.45, 7) is 4.69. The Hall–Kier alpha value is -0.0800. The van der Waals surface area contributed by atoms with Crippen molar-refractivity contribution in [2.75, 3.05) is 20.1 Å². The number of hydrogen-bond acceptors (Lipinski definition) is 2. The van der Waals surface area contributed by atoms with Gasteiger partial charge in [0, 0.05) is 18.6 Å². The lowest BCUT2D eigenvalue weighted by Crippen LogP contribution is -2.34. The Kier molecular flexibility index (Phi) is 3.45. The molecule has 0 saturated heterocycles. The van der Waals surface area contributed by atoms with E-state index in [1.807, 2.05) is 0 Å². The van der Waals surface area contributed by atoms with Gasteiger partial charge in [0.05, 0.1) is 0 Å². The monoisotopic (exact) mass is 196 g/mol. The second kappa shape index (κ2) is 4.63. The lowest BCUT2D eigenvalue weighted by Gasteiger charge is -2.24. The number of nitrogens with one attached hydrogen (secondary N) is 1. The summed E-state index contributed by atoms with van der Waals surface area (Å²) in [6.07, 6.45) is 7.12. The summed E-state index contributed by atoms with van der Waals surface area (Å²) < 4.78 is 0. The first kappa shape index (κ1) is 10.4. The standard InChI is InChI=1S/C12H24N2/c1-3-13-11-6-7-12(8-11)14(2)9-10-4-5-10/h10-13H,3-9H2,1-2H3. The quantitative estimate of drug-likeness (QED) is 0.722. The van der Waals surface area contributed by atoms with E-state index in [-0.39, 0.29) is 0 Å². The van der Waals surface area contributed by atoms with Crippen molar-refractivity contribution < 1.29 is 0 Å². The molecule has 0 amide bonds. The van der Waals surface area contributed by atoms with Crippen LogP contribution in [0.15, 0.2) is 0 Å². The van der Waals surface area contributed by atoms with Gasteiger partial charge in [-0.25, -0.2) is 0 Å². The molecule has 2 aliphatic rings. The summed E-state index contributed by atoms with van der Waals surface area (Å²) in [5.74, 6) is 1.04.